The van der Waals surface area contributed by atoms with Crippen LogP contribution in [0.5, 0.6) is 0 Å². The molecule has 0 bridgehead atoms. The lowest BCUT2D eigenvalue weighted by atomic mass is 10.4. The summed E-state index contributed by atoms with van der Waals surface area (Å²) >= 11 is 0. The molecule has 5 heteroatoms. The molecule has 0 aliphatic carbocycles. The average molecular weight is 184 g/mol. The number of carbonyl (C=O) groups is 1. The summed E-state index contributed by atoms with van der Waals surface area (Å²) in [6.07, 6.45) is 0. The molecule has 0 heterocycles. The van der Waals surface area contributed by atoms with Crippen LogP contribution >= 0.6 is 12.4 Å². The van der Waals surface area contributed by atoms with Crippen molar-refractivity contribution in [2.75, 3.05) is 26.3 Å². The first kappa shape index (κ1) is 13.3. The fourth-order valence-corrected chi connectivity index (χ4v) is 0.668. The molecule has 0 unspecified atom stereocenters. The quantitative estimate of drug-likeness (QED) is 0.603. The highest BCUT2D eigenvalue weighted by Crippen LogP contribution is 1.86. The van der Waals surface area contributed by atoms with Gasteiger partial charge in [0, 0.05) is 20.0 Å². The van der Waals surface area contributed by atoms with Crippen LogP contribution in [-0.2, 0) is 4.79 Å². The van der Waals surface area contributed by atoms with Crippen molar-refractivity contribution in [1.29, 1.82) is 0 Å². The van der Waals surface area contributed by atoms with E-state index in [4.69, 9.17) is 10.2 Å². The highest BCUT2D eigenvalue weighted by molar-refractivity contribution is 5.85. The molecule has 2 N–H and O–H groups in total. The van der Waals surface area contributed by atoms with Crippen molar-refractivity contribution in [3.05, 3.63) is 0 Å². The van der Waals surface area contributed by atoms with Crippen LogP contribution in [0, 0.1) is 0 Å². The fourth-order valence-electron chi connectivity index (χ4n) is 0.668. The van der Waals surface area contributed by atoms with E-state index in [1.807, 2.05) is 0 Å². The summed E-state index contributed by atoms with van der Waals surface area (Å²) in [6.45, 7) is 1.90. The standard InChI is InChI=1S/C6H13NO3.ClH/c1-6(10)7(2-4-8)3-5-9;/h8-9H,2-5H2,1H3;1H. The maximum Gasteiger partial charge on any atom is 0.219 e. The second-order valence-electron chi connectivity index (χ2n) is 1.95. The molecule has 0 fully saturated rings. The van der Waals surface area contributed by atoms with Gasteiger partial charge in [-0.15, -0.1) is 12.4 Å². The van der Waals surface area contributed by atoms with E-state index < -0.39 is 0 Å². The number of hydrogen-bond donors (Lipinski definition) is 2. The first-order valence-electron chi connectivity index (χ1n) is 3.19. The topological polar surface area (TPSA) is 60.8 Å². The third kappa shape index (κ3) is 6.09. The van der Waals surface area contributed by atoms with Crippen LogP contribution < -0.4 is 0 Å². The van der Waals surface area contributed by atoms with Gasteiger partial charge < -0.3 is 15.1 Å². The third-order valence-electron chi connectivity index (χ3n) is 1.19. The van der Waals surface area contributed by atoms with Crippen LogP contribution in [0.4, 0.5) is 0 Å². The number of aliphatic hydroxyl groups excluding tert-OH is 2. The first-order valence-corrected chi connectivity index (χ1v) is 3.19. The van der Waals surface area contributed by atoms with Crippen molar-refractivity contribution in [2.45, 2.75) is 6.92 Å². The van der Waals surface area contributed by atoms with Gasteiger partial charge in [0.25, 0.3) is 0 Å². The molecule has 0 saturated heterocycles. The second-order valence-corrected chi connectivity index (χ2v) is 1.95. The van der Waals surface area contributed by atoms with E-state index in [9.17, 15) is 4.79 Å². The number of rotatable bonds is 4. The lowest BCUT2D eigenvalue weighted by molar-refractivity contribution is -0.129. The molecule has 11 heavy (non-hydrogen) atoms. The molecular formula is C6H14ClNO3. The highest BCUT2D eigenvalue weighted by atomic mass is 35.5. The monoisotopic (exact) mass is 183 g/mol. The maximum atomic E-state index is 10.6. The Kier molecular flexibility index (Phi) is 9.40. The molecule has 0 rings (SSSR count). The fraction of sp³-hybridized carbons (Fsp3) is 0.833. The van der Waals surface area contributed by atoms with E-state index in [1.165, 1.54) is 11.8 Å². The summed E-state index contributed by atoms with van der Waals surface area (Å²) in [7, 11) is 0. The van der Waals surface area contributed by atoms with E-state index in [1.54, 1.807) is 0 Å². The van der Waals surface area contributed by atoms with E-state index in [0.29, 0.717) is 13.1 Å². The van der Waals surface area contributed by atoms with Gasteiger partial charge in [-0.2, -0.15) is 0 Å². The van der Waals surface area contributed by atoms with Crippen LogP contribution in [-0.4, -0.2) is 47.3 Å². The Balaban J connectivity index is 0. The van der Waals surface area contributed by atoms with Gasteiger partial charge in [-0.3, -0.25) is 4.79 Å². The molecule has 1 amide bonds. The molecule has 0 aromatic carbocycles. The zero-order valence-corrected chi connectivity index (χ0v) is 7.30. The molecule has 4 nitrogen and oxygen atoms in total. The molecule has 0 saturated carbocycles. The van der Waals surface area contributed by atoms with Crippen LogP contribution in [0.1, 0.15) is 6.92 Å². The molecular weight excluding hydrogens is 170 g/mol. The summed E-state index contributed by atoms with van der Waals surface area (Å²) in [5.41, 5.74) is 0. The van der Waals surface area contributed by atoms with Crippen LogP contribution in [0.2, 0.25) is 0 Å². The minimum Gasteiger partial charge on any atom is -0.395 e. The summed E-state index contributed by atoms with van der Waals surface area (Å²) in [6, 6.07) is 0. The van der Waals surface area contributed by atoms with Crippen LogP contribution in [0.3, 0.4) is 0 Å². The van der Waals surface area contributed by atoms with Crippen molar-refractivity contribution < 1.29 is 15.0 Å². The van der Waals surface area contributed by atoms with E-state index in [0.717, 1.165) is 0 Å². The lowest BCUT2D eigenvalue weighted by Gasteiger charge is -2.17. The normalized spacial score (nSPS) is 8.64. The number of hydrogen-bond acceptors (Lipinski definition) is 3. The van der Waals surface area contributed by atoms with Crippen LogP contribution in [0.15, 0.2) is 0 Å². The number of aliphatic hydroxyl groups is 2. The number of halogens is 1. The van der Waals surface area contributed by atoms with Crippen LogP contribution in [0.25, 0.3) is 0 Å². The largest absolute Gasteiger partial charge is 0.395 e. The van der Waals surface area contributed by atoms with Gasteiger partial charge >= 0.3 is 0 Å². The van der Waals surface area contributed by atoms with Gasteiger partial charge in [-0.05, 0) is 0 Å². The lowest BCUT2D eigenvalue weighted by Crippen LogP contribution is -2.33. The van der Waals surface area contributed by atoms with Crippen molar-refractivity contribution in [3.63, 3.8) is 0 Å². The highest BCUT2D eigenvalue weighted by Gasteiger charge is 2.04. The predicted molar refractivity (Wildman–Crippen MR) is 43.7 cm³/mol. The van der Waals surface area contributed by atoms with E-state index in [2.05, 4.69) is 0 Å². The number of nitrogens with zero attached hydrogens (tertiary/aromatic N) is 1. The Morgan fingerprint density at radius 3 is 1.82 bits per heavy atom. The molecule has 0 radical (unpaired) electrons. The van der Waals surface area contributed by atoms with E-state index in [-0.39, 0.29) is 31.5 Å². The number of amides is 1. The summed E-state index contributed by atoms with van der Waals surface area (Å²) < 4.78 is 0. The van der Waals surface area contributed by atoms with Gasteiger partial charge in [0.2, 0.25) is 5.91 Å². The minimum atomic E-state index is -0.122. The Morgan fingerprint density at radius 2 is 1.64 bits per heavy atom. The first-order chi connectivity index (χ1) is 4.72. The molecule has 68 valence electrons. The summed E-state index contributed by atoms with van der Waals surface area (Å²) in [5, 5.41) is 16.9. The third-order valence-corrected chi connectivity index (χ3v) is 1.19. The number of carbonyl (C=O) groups excluding carboxylic acids is 1. The Morgan fingerprint density at radius 1 is 1.27 bits per heavy atom. The zero-order valence-electron chi connectivity index (χ0n) is 6.49. The Bertz CT molecular complexity index is 104. The van der Waals surface area contributed by atoms with Gasteiger partial charge in [-0.25, -0.2) is 0 Å². The van der Waals surface area contributed by atoms with Gasteiger partial charge in [0.1, 0.15) is 0 Å². The zero-order chi connectivity index (χ0) is 7.98. The van der Waals surface area contributed by atoms with Gasteiger partial charge in [0.05, 0.1) is 13.2 Å². The van der Waals surface area contributed by atoms with Crippen molar-refractivity contribution >= 4 is 18.3 Å². The molecule has 0 aromatic rings. The Labute approximate surface area is 72.2 Å². The summed E-state index contributed by atoms with van der Waals surface area (Å²) in [4.78, 5) is 12.0. The molecule has 0 atom stereocenters. The molecule has 0 spiro atoms. The predicted octanol–water partition coefficient (Wildman–Crippen LogP) is -0.759. The molecule has 0 aliphatic rings. The minimum absolute atomic E-state index is 0. The van der Waals surface area contributed by atoms with Gasteiger partial charge in [0.15, 0.2) is 0 Å². The van der Waals surface area contributed by atoms with Crippen molar-refractivity contribution in [1.82, 2.24) is 4.90 Å². The van der Waals surface area contributed by atoms with Gasteiger partial charge in [-0.1, -0.05) is 0 Å². The van der Waals surface area contributed by atoms with Crippen molar-refractivity contribution in [2.24, 2.45) is 0 Å². The smallest absolute Gasteiger partial charge is 0.219 e. The molecule has 0 aliphatic heterocycles. The van der Waals surface area contributed by atoms with E-state index >= 15 is 0 Å². The average Bonchev–Trinajstić information content (AvgIpc) is 1.87. The SMILES string of the molecule is CC(=O)N(CCO)CCO.Cl. The summed E-state index contributed by atoms with van der Waals surface area (Å²) in [5.74, 6) is -0.122. The maximum absolute atomic E-state index is 10.6. The second kappa shape index (κ2) is 7.78. The Hall–Kier alpha value is -0.320. The van der Waals surface area contributed by atoms with Crippen molar-refractivity contribution in [3.8, 4) is 0 Å². The molecule has 0 aromatic heterocycles.